The third-order valence-electron chi connectivity index (χ3n) is 5.03. The van der Waals surface area contributed by atoms with Gasteiger partial charge in [0.25, 0.3) is 5.91 Å². The van der Waals surface area contributed by atoms with Crippen LogP contribution in [-0.4, -0.2) is 60.9 Å². The van der Waals surface area contributed by atoms with Crippen LogP contribution in [0.1, 0.15) is 29.3 Å². The van der Waals surface area contributed by atoms with Crippen LogP contribution >= 0.6 is 11.6 Å². The minimum absolute atomic E-state index is 0.0760. The second-order valence-corrected chi connectivity index (χ2v) is 7.63. The molecule has 160 valence electrons. The Kier molecular flexibility index (Phi) is 8.11. The number of ether oxygens (including phenoxy) is 1. The average molecular weight is 430 g/mol. The van der Waals surface area contributed by atoms with Crippen LogP contribution in [0.5, 0.6) is 5.75 Å². The van der Waals surface area contributed by atoms with Crippen LogP contribution in [0.4, 0.5) is 0 Å². The molecule has 1 saturated heterocycles. The van der Waals surface area contributed by atoms with Crippen LogP contribution in [0.25, 0.3) is 0 Å². The van der Waals surface area contributed by atoms with Gasteiger partial charge in [0.1, 0.15) is 5.75 Å². The third kappa shape index (κ3) is 6.21. The van der Waals surface area contributed by atoms with Gasteiger partial charge in [-0.15, -0.1) is 0 Å². The first-order valence-electron chi connectivity index (χ1n) is 10.3. The highest BCUT2D eigenvalue weighted by atomic mass is 35.5. The molecule has 2 aromatic carbocycles. The highest BCUT2D eigenvalue weighted by Crippen LogP contribution is 2.18. The minimum atomic E-state index is -0.119. The number of hydrogen-bond acceptors (Lipinski definition) is 4. The first kappa shape index (κ1) is 22.1. The van der Waals surface area contributed by atoms with E-state index in [1.165, 1.54) is 0 Å². The van der Waals surface area contributed by atoms with Gasteiger partial charge >= 0.3 is 0 Å². The number of piperazine rings is 1. The molecular weight excluding hydrogens is 402 g/mol. The van der Waals surface area contributed by atoms with Crippen molar-refractivity contribution in [1.82, 2.24) is 15.1 Å². The molecule has 0 radical (unpaired) electrons. The SMILES string of the molecule is CCOc1ccc(C(=O)N(CCC(=O)N2CCNCC2)Cc2cccc(Cl)c2)cc1. The summed E-state index contributed by atoms with van der Waals surface area (Å²) in [5.41, 5.74) is 1.49. The van der Waals surface area contributed by atoms with Crippen molar-refractivity contribution >= 4 is 23.4 Å². The third-order valence-corrected chi connectivity index (χ3v) is 5.26. The summed E-state index contributed by atoms with van der Waals surface area (Å²) < 4.78 is 5.46. The highest BCUT2D eigenvalue weighted by Gasteiger charge is 2.21. The quantitative estimate of drug-likeness (QED) is 0.700. The standard InChI is InChI=1S/C23H28ClN3O3/c1-2-30-21-8-6-19(7-9-21)23(29)27(17-18-4-3-5-20(24)16-18)13-10-22(28)26-14-11-25-12-15-26/h3-9,16,25H,2,10-15,17H2,1H3. The number of hydrogen-bond donors (Lipinski definition) is 1. The largest absolute Gasteiger partial charge is 0.494 e. The fourth-order valence-corrected chi connectivity index (χ4v) is 3.67. The second-order valence-electron chi connectivity index (χ2n) is 7.19. The summed E-state index contributed by atoms with van der Waals surface area (Å²) in [6.45, 7) is 6.26. The van der Waals surface area contributed by atoms with Crippen molar-refractivity contribution < 1.29 is 14.3 Å². The summed E-state index contributed by atoms with van der Waals surface area (Å²) in [4.78, 5) is 29.4. The molecule has 2 aromatic rings. The van der Waals surface area contributed by atoms with Gasteiger partial charge in [0.15, 0.2) is 0 Å². The zero-order valence-electron chi connectivity index (χ0n) is 17.3. The molecule has 0 saturated carbocycles. The molecule has 1 aliphatic heterocycles. The van der Waals surface area contributed by atoms with Crippen molar-refractivity contribution in [3.05, 3.63) is 64.7 Å². The first-order valence-corrected chi connectivity index (χ1v) is 10.7. The first-order chi connectivity index (χ1) is 14.6. The summed E-state index contributed by atoms with van der Waals surface area (Å²) >= 11 is 6.12. The van der Waals surface area contributed by atoms with Crippen LogP contribution in [0.15, 0.2) is 48.5 Å². The van der Waals surface area contributed by atoms with Crippen molar-refractivity contribution in [3.63, 3.8) is 0 Å². The summed E-state index contributed by atoms with van der Waals surface area (Å²) in [6, 6.07) is 14.6. The number of rotatable bonds is 8. The molecule has 0 bridgehead atoms. The van der Waals surface area contributed by atoms with E-state index in [-0.39, 0.29) is 11.8 Å². The van der Waals surface area contributed by atoms with E-state index in [2.05, 4.69) is 5.32 Å². The Morgan fingerprint density at radius 1 is 1.13 bits per heavy atom. The Labute approximate surface area is 182 Å². The number of amides is 2. The maximum atomic E-state index is 13.2. The van der Waals surface area contributed by atoms with E-state index in [9.17, 15) is 9.59 Å². The molecule has 1 N–H and O–H groups in total. The fraction of sp³-hybridized carbons (Fsp3) is 0.391. The number of nitrogens with zero attached hydrogens (tertiary/aromatic N) is 2. The van der Waals surface area contributed by atoms with Crippen molar-refractivity contribution in [1.29, 1.82) is 0 Å². The van der Waals surface area contributed by atoms with Gasteiger partial charge in [0.05, 0.1) is 6.61 Å². The molecule has 3 rings (SSSR count). The second kappa shape index (κ2) is 11.0. The van der Waals surface area contributed by atoms with E-state index in [1.54, 1.807) is 35.2 Å². The predicted molar refractivity (Wildman–Crippen MR) is 118 cm³/mol. The molecule has 1 heterocycles. The van der Waals surface area contributed by atoms with Crippen LogP contribution in [0.3, 0.4) is 0 Å². The number of carbonyl (C=O) groups excluding carboxylic acids is 2. The Morgan fingerprint density at radius 3 is 2.53 bits per heavy atom. The lowest BCUT2D eigenvalue weighted by molar-refractivity contribution is -0.132. The summed E-state index contributed by atoms with van der Waals surface area (Å²) in [5, 5.41) is 3.87. The molecule has 0 atom stereocenters. The zero-order valence-corrected chi connectivity index (χ0v) is 18.0. The van der Waals surface area contributed by atoms with Crippen LogP contribution < -0.4 is 10.1 Å². The molecule has 0 aliphatic carbocycles. The molecule has 0 aromatic heterocycles. The van der Waals surface area contributed by atoms with E-state index >= 15 is 0 Å². The lowest BCUT2D eigenvalue weighted by Gasteiger charge is -2.29. The molecule has 1 aliphatic rings. The topological polar surface area (TPSA) is 61.9 Å². The summed E-state index contributed by atoms with van der Waals surface area (Å²) in [5.74, 6) is 0.683. The van der Waals surface area contributed by atoms with Gasteiger partial charge in [0.2, 0.25) is 5.91 Å². The van der Waals surface area contributed by atoms with Crippen molar-refractivity contribution in [2.75, 3.05) is 39.3 Å². The maximum Gasteiger partial charge on any atom is 0.254 e. The number of benzene rings is 2. The van der Waals surface area contributed by atoms with Crippen molar-refractivity contribution in [2.24, 2.45) is 0 Å². The van der Waals surface area contributed by atoms with Crippen molar-refractivity contribution in [3.8, 4) is 5.75 Å². The lowest BCUT2D eigenvalue weighted by atomic mass is 10.1. The Morgan fingerprint density at radius 2 is 1.87 bits per heavy atom. The van der Waals surface area contributed by atoms with E-state index in [1.807, 2.05) is 30.0 Å². The van der Waals surface area contributed by atoms with E-state index < -0.39 is 0 Å². The van der Waals surface area contributed by atoms with Gasteiger partial charge in [0, 0.05) is 56.3 Å². The molecule has 1 fully saturated rings. The van der Waals surface area contributed by atoms with Gasteiger partial charge in [-0.1, -0.05) is 23.7 Å². The number of halogens is 1. The fourth-order valence-electron chi connectivity index (χ4n) is 3.45. The minimum Gasteiger partial charge on any atom is -0.494 e. The zero-order chi connectivity index (χ0) is 21.3. The Balaban J connectivity index is 1.72. The molecule has 30 heavy (non-hydrogen) atoms. The molecule has 7 heteroatoms. The normalized spacial score (nSPS) is 13.7. The van der Waals surface area contributed by atoms with Gasteiger partial charge < -0.3 is 19.9 Å². The Bertz CT molecular complexity index is 851. The van der Waals surface area contributed by atoms with E-state index in [0.29, 0.717) is 49.8 Å². The number of nitrogens with one attached hydrogen (secondary N) is 1. The smallest absolute Gasteiger partial charge is 0.254 e. The lowest BCUT2D eigenvalue weighted by Crippen LogP contribution is -2.47. The molecular formula is C23H28ClN3O3. The molecule has 6 nitrogen and oxygen atoms in total. The van der Waals surface area contributed by atoms with Crippen LogP contribution in [0, 0.1) is 0 Å². The summed E-state index contributed by atoms with van der Waals surface area (Å²) in [6.07, 6.45) is 0.295. The molecule has 0 unspecified atom stereocenters. The van der Waals surface area contributed by atoms with E-state index in [4.69, 9.17) is 16.3 Å². The average Bonchev–Trinajstić information content (AvgIpc) is 2.77. The monoisotopic (exact) mass is 429 g/mol. The Hall–Kier alpha value is -2.57. The van der Waals surface area contributed by atoms with E-state index in [0.717, 1.165) is 24.4 Å². The molecule has 0 spiro atoms. The van der Waals surface area contributed by atoms with Gasteiger partial charge in [-0.05, 0) is 48.9 Å². The van der Waals surface area contributed by atoms with Crippen molar-refractivity contribution in [2.45, 2.75) is 19.9 Å². The van der Waals surface area contributed by atoms with Gasteiger partial charge in [-0.3, -0.25) is 9.59 Å². The predicted octanol–water partition coefficient (Wildman–Crippen LogP) is 3.20. The molecule has 2 amide bonds. The van der Waals surface area contributed by atoms with Crippen LogP contribution in [0.2, 0.25) is 5.02 Å². The van der Waals surface area contributed by atoms with Gasteiger partial charge in [-0.2, -0.15) is 0 Å². The maximum absolute atomic E-state index is 13.2. The van der Waals surface area contributed by atoms with Crippen LogP contribution in [-0.2, 0) is 11.3 Å². The summed E-state index contributed by atoms with van der Waals surface area (Å²) in [7, 11) is 0. The van der Waals surface area contributed by atoms with Gasteiger partial charge in [-0.25, -0.2) is 0 Å². The highest BCUT2D eigenvalue weighted by molar-refractivity contribution is 6.30. The number of carbonyl (C=O) groups is 2.